The van der Waals surface area contributed by atoms with Gasteiger partial charge in [-0.15, -0.1) is 0 Å². The fourth-order valence-electron chi connectivity index (χ4n) is 3.26. The van der Waals surface area contributed by atoms with Crippen molar-refractivity contribution in [2.24, 2.45) is 0 Å². The molecule has 1 aromatic rings. The van der Waals surface area contributed by atoms with Crippen molar-refractivity contribution in [1.82, 2.24) is 9.80 Å². The summed E-state index contributed by atoms with van der Waals surface area (Å²) in [5.41, 5.74) is 0.312. The normalized spacial score (nSPS) is 22.8. The van der Waals surface area contributed by atoms with Crippen LogP contribution < -0.4 is 0 Å². The highest BCUT2D eigenvalue weighted by atomic mass is 19.1. The molecule has 2 fully saturated rings. The molecule has 2 amide bonds. The van der Waals surface area contributed by atoms with Gasteiger partial charge in [-0.05, 0) is 32.8 Å². The summed E-state index contributed by atoms with van der Waals surface area (Å²) in [4.78, 5) is 27.0. The highest BCUT2D eigenvalue weighted by Gasteiger charge is 2.39. The molecule has 0 spiro atoms. The smallest absolute Gasteiger partial charge is 0.410 e. The number of alkyl halides is 1. The largest absolute Gasteiger partial charge is 0.445 e. The van der Waals surface area contributed by atoms with Crippen LogP contribution in [0.2, 0.25) is 0 Å². The average molecular weight is 408 g/mol. The Hall–Kier alpha value is -2.35. The zero-order valence-corrected chi connectivity index (χ0v) is 17.2. The van der Waals surface area contributed by atoms with E-state index in [0.717, 1.165) is 5.56 Å². The van der Waals surface area contributed by atoms with Gasteiger partial charge in [0.2, 0.25) is 0 Å². The number of amides is 2. The summed E-state index contributed by atoms with van der Waals surface area (Å²) in [7, 11) is 0. The van der Waals surface area contributed by atoms with Gasteiger partial charge in [0.15, 0.2) is 0 Å². The Bertz CT molecular complexity index is 703. The fraction of sp³-hybridized carbons (Fsp3) is 0.619. The Morgan fingerprint density at radius 1 is 1.07 bits per heavy atom. The highest BCUT2D eigenvalue weighted by molar-refractivity contribution is 5.69. The standard InChI is InChI=1S/C21H29FN2O5/c1-21(2,3)29-20(26)23-10-9-18(17(22)13-23)28-16-11-24(12-16)19(25)27-14-15-7-5-4-6-8-15/h4-8,16-18H,9-14H2,1-3H3/t17-,18+/m0/s1. The first-order valence-corrected chi connectivity index (χ1v) is 9.94. The van der Waals surface area contributed by atoms with Crippen molar-refractivity contribution in [3.05, 3.63) is 35.9 Å². The molecular formula is C21H29FN2O5. The lowest BCUT2D eigenvalue weighted by Crippen LogP contribution is -2.58. The summed E-state index contributed by atoms with van der Waals surface area (Å²) >= 11 is 0. The summed E-state index contributed by atoms with van der Waals surface area (Å²) in [6.45, 7) is 6.66. The van der Waals surface area contributed by atoms with Crippen LogP contribution in [0.25, 0.3) is 0 Å². The van der Waals surface area contributed by atoms with Gasteiger partial charge in [0.1, 0.15) is 18.4 Å². The highest BCUT2D eigenvalue weighted by Crippen LogP contribution is 2.24. The van der Waals surface area contributed by atoms with Crippen molar-refractivity contribution in [3.8, 4) is 0 Å². The maximum absolute atomic E-state index is 14.5. The SMILES string of the molecule is CC(C)(C)OC(=O)N1CC[C@@H](OC2CN(C(=O)OCc3ccccc3)C2)[C@@H](F)C1. The van der Waals surface area contributed by atoms with Gasteiger partial charge >= 0.3 is 12.2 Å². The van der Waals surface area contributed by atoms with Crippen LogP contribution in [0.1, 0.15) is 32.8 Å². The van der Waals surface area contributed by atoms with E-state index in [0.29, 0.717) is 26.1 Å². The van der Waals surface area contributed by atoms with Gasteiger partial charge in [-0.1, -0.05) is 30.3 Å². The molecule has 0 saturated carbocycles. The number of carbonyl (C=O) groups excluding carboxylic acids is 2. The predicted octanol–water partition coefficient (Wildman–Crippen LogP) is 3.37. The second kappa shape index (κ2) is 8.98. The van der Waals surface area contributed by atoms with E-state index in [2.05, 4.69) is 0 Å². The summed E-state index contributed by atoms with van der Waals surface area (Å²) in [6, 6.07) is 9.45. The number of ether oxygens (including phenoxy) is 3. The zero-order chi connectivity index (χ0) is 21.0. The molecule has 160 valence electrons. The van der Waals surface area contributed by atoms with Gasteiger partial charge in [-0.2, -0.15) is 0 Å². The van der Waals surface area contributed by atoms with E-state index in [1.165, 1.54) is 9.80 Å². The molecule has 2 aliphatic rings. The van der Waals surface area contributed by atoms with Crippen molar-refractivity contribution in [2.45, 2.75) is 57.8 Å². The molecule has 8 heteroatoms. The minimum atomic E-state index is -1.28. The molecule has 0 N–H and O–H groups in total. The Kier molecular flexibility index (Phi) is 6.62. The molecule has 2 heterocycles. The van der Waals surface area contributed by atoms with Crippen molar-refractivity contribution < 1.29 is 28.2 Å². The minimum absolute atomic E-state index is 0.0465. The molecule has 3 rings (SSSR count). The zero-order valence-electron chi connectivity index (χ0n) is 17.2. The Morgan fingerprint density at radius 3 is 2.38 bits per heavy atom. The van der Waals surface area contributed by atoms with Gasteiger partial charge in [0.05, 0.1) is 31.8 Å². The first-order chi connectivity index (χ1) is 13.7. The maximum atomic E-state index is 14.5. The van der Waals surface area contributed by atoms with E-state index < -0.39 is 30.1 Å². The Morgan fingerprint density at radius 2 is 1.76 bits per heavy atom. The number of nitrogens with zero attached hydrogens (tertiary/aromatic N) is 2. The topological polar surface area (TPSA) is 68.3 Å². The van der Waals surface area contributed by atoms with Crippen molar-refractivity contribution in [1.29, 1.82) is 0 Å². The molecule has 1 aromatic carbocycles. The van der Waals surface area contributed by atoms with Crippen LogP contribution in [-0.4, -0.2) is 72.1 Å². The van der Waals surface area contributed by atoms with Crippen LogP contribution in [-0.2, 0) is 20.8 Å². The molecule has 2 atom stereocenters. The van der Waals surface area contributed by atoms with E-state index in [1.54, 1.807) is 20.8 Å². The van der Waals surface area contributed by atoms with E-state index in [-0.39, 0.29) is 19.3 Å². The second-order valence-electron chi connectivity index (χ2n) is 8.47. The number of hydrogen-bond acceptors (Lipinski definition) is 5. The van der Waals surface area contributed by atoms with E-state index in [9.17, 15) is 14.0 Å². The van der Waals surface area contributed by atoms with Crippen LogP contribution in [0, 0.1) is 0 Å². The average Bonchev–Trinajstić information content (AvgIpc) is 2.62. The fourth-order valence-corrected chi connectivity index (χ4v) is 3.26. The van der Waals surface area contributed by atoms with E-state index >= 15 is 0 Å². The van der Waals surface area contributed by atoms with Gasteiger partial charge in [-0.25, -0.2) is 14.0 Å². The number of benzene rings is 1. The molecule has 0 unspecified atom stereocenters. The molecular weight excluding hydrogens is 379 g/mol. The number of piperidine rings is 1. The van der Waals surface area contributed by atoms with Gasteiger partial charge < -0.3 is 24.0 Å². The Balaban J connectivity index is 1.36. The number of carbonyl (C=O) groups is 2. The molecule has 0 aromatic heterocycles. The third-order valence-corrected chi connectivity index (χ3v) is 4.81. The van der Waals surface area contributed by atoms with Gasteiger partial charge in [0.25, 0.3) is 0 Å². The monoisotopic (exact) mass is 408 g/mol. The molecule has 0 radical (unpaired) electrons. The summed E-state index contributed by atoms with van der Waals surface area (Å²) in [5, 5.41) is 0. The summed E-state index contributed by atoms with van der Waals surface area (Å²) < 4.78 is 30.9. The molecule has 0 bridgehead atoms. The summed E-state index contributed by atoms with van der Waals surface area (Å²) in [5.74, 6) is 0. The van der Waals surface area contributed by atoms with Gasteiger partial charge in [-0.3, -0.25) is 0 Å². The number of halogens is 1. The van der Waals surface area contributed by atoms with Crippen molar-refractivity contribution >= 4 is 12.2 Å². The van der Waals surface area contributed by atoms with E-state index in [4.69, 9.17) is 14.2 Å². The van der Waals surface area contributed by atoms with Gasteiger partial charge in [0, 0.05) is 6.54 Å². The number of rotatable bonds is 4. The first-order valence-electron chi connectivity index (χ1n) is 9.94. The van der Waals surface area contributed by atoms with Crippen molar-refractivity contribution in [3.63, 3.8) is 0 Å². The minimum Gasteiger partial charge on any atom is -0.445 e. The first kappa shape index (κ1) is 21.4. The molecule has 0 aliphatic carbocycles. The lowest BCUT2D eigenvalue weighted by molar-refractivity contribution is -0.125. The van der Waals surface area contributed by atoms with Crippen LogP contribution in [0.15, 0.2) is 30.3 Å². The van der Waals surface area contributed by atoms with E-state index in [1.807, 2.05) is 30.3 Å². The third kappa shape index (κ3) is 6.06. The number of hydrogen-bond donors (Lipinski definition) is 0. The molecule has 29 heavy (non-hydrogen) atoms. The maximum Gasteiger partial charge on any atom is 0.410 e. The van der Waals surface area contributed by atoms with Crippen LogP contribution in [0.3, 0.4) is 0 Å². The summed E-state index contributed by atoms with van der Waals surface area (Å²) in [6.07, 6.45) is -2.58. The lowest BCUT2D eigenvalue weighted by Gasteiger charge is -2.42. The van der Waals surface area contributed by atoms with Crippen LogP contribution in [0.5, 0.6) is 0 Å². The Labute approximate surface area is 170 Å². The lowest BCUT2D eigenvalue weighted by atomic mass is 10.0. The predicted molar refractivity (Wildman–Crippen MR) is 104 cm³/mol. The van der Waals surface area contributed by atoms with Crippen molar-refractivity contribution in [2.75, 3.05) is 26.2 Å². The molecule has 7 nitrogen and oxygen atoms in total. The molecule has 2 aliphatic heterocycles. The van der Waals surface area contributed by atoms with Crippen LogP contribution >= 0.6 is 0 Å². The molecule has 2 saturated heterocycles. The number of likely N-dealkylation sites (tertiary alicyclic amines) is 2. The second-order valence-corrected chi connectivity index (χ2v) is 8.47. The third-order valence-electron chi connectivity index (χ3n) is 4.81. The van der Waals surface area contributed by atoms with Crippen LogP contribution in [0.4, 0.5) is 14.0 Å². The quantitative estimate of drug-likeness (QED) is 0.764.